The lowest BCUT2D eigenvalue weighted by molar-refractivity contribution is 0.0883. The van der Waals surface area contributed by atoms with Gasteiger partial charge in [0.2, 0.25) is 0 Å². The quantitative estimate of drug-likeness (QED) is 0.767. The number of rotatable bonds is 1. The lowest BCUT2D eigenvalue weighted by atomic mass is 10.1. The van der Waals surface area contributed by atoms with E-state index < -0.39 is 0 Å². The van der Waals surface area contributed by atoms with Crippen LogP contribution in [0.4, 0.5) is 10.5 Å². The third kappa shape index (κ3) is 3.32. The fraction of sp³-hybridized carbons (Fsp3) is 0.417. The van der Waals surface area contributed by atoms with Crippen LogP contribution in [0.1, 0.15) is 12.8 Å². The van der Waals surface area contributed by atoms with Crippen LogP contribution in [-0.2, 0) is 0 Å². The number of carbonyl (C=O) groups is 1. The number of likely N-dealkylation sites (tertiary alicyclic amines) is 1. The number of aliphatic hydroxyl groups is 1. The van der Waals surface area contributed by atoms with Crippen LogP contribution >= 0.6 is 22.6 Å². The van der Waals surface area contributed by atoms with E-state index in [9.17, 15) is 9.90 Å². The smallest absolute Gasteiger partial charge is 0.321 e. The van der Waals surface area contributed by atoms with Gasteiger partial charge in [-0.2, -0.15) is 0 Å². The molecule has 0 aliphatic carbocycles. The van der Waals surface area contributed by atoms with Crippen molar-refractivity contribution in [1.29, 1.82) is 0 Å². The van der Waals surface area contributed by atoms with Crippen LogP contribution < -0.4 is 5.32 Å². The van der Waals surface area contributed by atoms with Crippen molar-refractivity contribution in [2.24, 2.45) is 0 Å². The maximum atomic E-state index is 12.0. The number of amides is 2. The molecule has 1 fully saturated rings. The molecule has 1 atom stereocenters. The van der Waals surface area contributed by atoms with Crippen LogP contribution in [0.5, 0.6) is 0 Å². The molecule has 1 heterocycles. The third-order valence-corrected chi connectivity index (χ3v) is 3.74. The zero-order valence-corrected chi connectivity index (χ0v) is 11.6. The number of aliphatic hydroxyl groups excluding tert-OH is 1. The van der Waals surface area contributed by atoms with Gasteiger partial charge >= 0.3 is 6.03 Å². The molecule has 17 heavy (non-hydrogen) atoms. The molecular formula is C12H15IN2O2. The molecule has 0 spiro atoms. The second kappa shape index (κ2) is 5.68. The van der Waals surface area contributed by atoms with Crippen molar-refractivity contribution >= 4 is 34.3 Å². The Morgan fingerprint density at radius 2 is 2.24 bits per heavy atom. The second-order valence-corrected chi connectivity index (χ2v) is 5.31. The summed E-state index contributed by atoms with van der Waals surface area (Å²) in [4.78, 5) is 13.6. The van der Waals surface area contributed by atoms with E-state index in [2.05, 4.69) is 27.9 Å². The van der Waals surface area contributed by atoms with E-state index in [0.717, 1.165) is 22.1 Å². The monoisotopic (exact) mass is 346 g/mol. The Kier molecular flexibility index (Phi) is 4.22. The molecule has 0 radical (unpaired) electrons. The largest absolute Gasteiger partial charge is 0.391 e. The summed E-state index contributed by atoms with van der Waals surface area (Å²) in [6.45, 7) is 1.14. The van der Waals surface area contributed by atoms with Gasteiger partial charge in [0.15, 0.2) is 0 Å². The maximum absolute atomic E-state index is 12.0. The maximum Gasteiger partial charge on any atom is 0.321 e. The van der Waals surface area contributed by atoms with Gasteiger partial charge in [0.1, 0.15) is 0 Å². The molecule has 0 saturated carbocycles. The number of carbonyl (C=O) groups excluding carboxylic acids is 1. The molecule has 1 aromatic carbocycles. The van der Waals surface area contributed by atoms with Crippen LogP contribution in [0.3, 0.4) is 0 Å². The van der Waals surface area contributed by atoms with Crippen molar-refractivity contribution in [3.63, 3.8) is 0 Å². The predicted octanol–water partition coefficient (Wildman–Crippen LogP) is 2.28. The van der Waals surface area contributed by atoms with Gasteiger partial charge in [0.05, 0.1) is 11.8 Å². The number of piperidine rings is 1. The molecule has 5 heteroatoms. The minimum absolute atomic E-state index is 0.132. The second-order valence-electron chi connectivity index (χ2n) is 4.15. The third-order valence-electron chi connectivity index (χ3n) is 2.80. The van der Waals surface area contributed by atoms with Gasteiger partial charge in [-0.3, -0.25) is 0 Å². The Morgan fingerprint density at radius 1 is 1.47 bits per heavy atom. The van der Waals surface area contributed by atoms with Crippen LogP contribution in [0.15, 0.2) is 24.3 Å². The summed E-state index contributed by atoms with van der Waals surface area (Å²) in [5.74, 6) is 0. The summed E-state index contributed by atoms with van der Waals surface area (Å²) in [5.41, 5.74) is 0.818. The summed E-state index contributed by atoms with van der Waals surface area (Å²) in [7, 11) is 0. The Morgan fingerprint density at radius 3 is 2.94 bits per heavy atom. The molecular weight excluding hydrogens is 331 g/mol. The molecule has 2 amide bonds. The normalized spacial score (nSPS) is 20.1. The van der Waals surface area contributed by atoms with Gasteiger partial charge in [-0.15, -0.1) is 0 Å². The van der Waals surface area contributed by atoms with Crippen LogP contribution in [0, 0.1) is 3.57 Å². The van der Waals surface area contributed by atoms with E-state index in [-0.39, 0.29) is 12.1 Å². The van der Waals surface area contributed by atoms with Crippen LogP contribution in [0.2, 0.25) is 0 Å². The first-order valence-corrected chi connectivity index (χ1v) is 6.73. The number of nitrogens with one attached hydrogen (secondary N) is 1. The number of para-hydroxylation sites is 1. The van der Waals surface area contributed by atoms with E-state index in [1.165, 1.54) is 0 Å². The summed E-state index contributed by atoms with van der Waals surface area (Å²) in [6.07, 6.45) is 1.26. The molecule has 2 rings (SSSR count). The van der Waals surface area contributed by atoms with Gasteiger partial charge in [-0.05, 0) is 47.6 Å². The zero-order valence-electron chi connectivity index (χ0n) is 9.40. The number of hydrogen-bond acceptors (Lipinski definition) is 2. The standard InChI is InChI=1S/C12H15IN2O2/c13-10-5-1-2-6-11(10)14-12(17)15-7-3-4-9(16)8-15/h1-2,5-6,9,16H,3-4,7-8H2,(H,14,17). The van der Waals surface area contributed by atoms with Crippen molar-refractivity contribution < 1.29 is 9.90 Å². The molecule has 0 bridgehead atoms. The number of β-amino-alcohol motifs (C(OH)–C–C–N with tert-alkyl or cyclic N) is 1. The lowest BCUT2D eigenvalue weighted by Gasteiger charge is -2.30. The van der Waals surface area contributed by atoms with Gasteiger partial charge in [-0.25, -0.2) is 4.79 Å². The van der Waals surface area contributed by atoms with Gasteiger partial charge < -0.3 is 15.3 Å². The number of anilines is 1. The number of hydrogen-bond donors (Lipinski definition) is 2. The minimum Gasteiger partial charge on any atom is -0.391 e. The first-order valence-electron chi connectivity index (χ1n) is 5.65. The van der Waals surface area contributed by atoms with Crippen molar-refractivity contribution in [3.05, 3.63) is 27.8 Å². The Balaban J connectivity index is 1.99. The van der Waals surface area contributed by atoms with Crippen LogP contribution in [0.25, 0.3) is 0 Å². The van der Waals surface area contributed by atoms with E-state index >= 15 is 0 Å². The molecule has 1 unspecified atom stereocenters. The lowest BCUT2D eigenvalue weighted by Crippen LogP contribution is -2.44. The number of urea groups is 1. The van der Waals surface area contributed by atoms with Crippen molar-refractivity contribution in [3.8, 4) is 0 Å². The summed E-state index contributed by atoms with van der Waals surface area (Å²) < 4.78 is 1.01. The molecule has 1 aliphatic rings. The van der Waals surface area contributed by atoms with E-state index in [4.69, 9.17) is 0 Å². The Hall–Kier alpha value is -0.820. The zero-order chi connectivity index (χ0) is 12.3. The summed E-state index contributed by atoms with van der Waals surface area (Å²) >= 11 is 2.19. The Bertz CT molecular complexity index is 411. The van der Waals surface area contributed by atoms with E-state index in [1.54, 1.807) is 4.90 Å². The highest BCUT2D eigenvalue weighted by Gasteiger charge is 2.22. The first kappa shape index (κ1) is 12.6. The number of halogens is 1. The highest BCUT2D eigenvalue weighted by molar-refractivity contribution is 14.1. The van der Waals surface area contributed by atoms with Crippen molar-refractivity contribution in [2.75, 3.05) is 18.4 Å². The highest BCUT2D eigenvalue weighted by atomic mass is 127. The van der Waals surface area contributed by atoms with Gasteiger partial charge in [0.25, 0.3) is 0 Å². The van der Waals surface area contributed by atoms with E-state index in [1.807, 2.05) is 24.3 Å². The molecule has 2 N–H and O–H groups in total. The van der Waals surface area contributed by atoms with Crippen molar-refractivity contribution in [2.45, 2.75) is 18.9 Å². The van der Waals surface area contributed by atoms with Gasteiger partial charge in [-0.1, -0.05) is 12.1 Å². The summed E-state index contributed by atoms with van der Waals surface area (Å²) in [6, 6.07) is 7.51. The SMILES string of the molecule is O=C(Nc1ccccc1I)N1CCCC(O)C1. The molecule has 1 aromatic rings. The average molecular weight is 346 g/mol. The molecule has 92 valence electrons. The molecule has 1 saturated heterocycles. The summed E-state index contributed by atoms with van der Waals surface area (Å²) in [5, 5.41) is 12.4. The topological polar surface area (TPSA) is 52.6 Å². The van der Waals surface area contributed by atoms with Crippen molar-refractivity contribution in [1.82, 2.24) is 4.90 Å². The average Bonchev–Trinajstić information content (AvgIpc) is 2.32. The first-order chi connectivity index (χ1) is 8.16. The minimum atomic E-state index is -0.385. The number of nitrogens with zero attached hydrogens (tertiary/aromatic N) is 1. The van der Waals surface area contributed by atoms with Crippen LogP contribution in [-0.4, -0.2) is 35.2 Å². The fourth-order valence-electron chi connectivity index (χ4n) is 1.90. The predicted molar refractivity (Wildman–Crippen MR) is 75.0 cm³/mol. The molecule has 4 nitrogen and oxygen atoms in total. The number of benzene rings is 1. The highest BCUT2D eigenvalue weighted by Crippen LogP contribution is 2.18. The van der Waals surface area contributed by atoms with E-state index in [0.29, 0.717) is 13.1 Å². The molecule has 0 aromatic heterocycles. The van der Waals surface area contributed by atoms with Gasteiger partial charge in [0, 0.05) is 16.7 Å². The Labute approximate surface area is 114 Å². The molecule has 1 aliphatic heterocycles. The fourth-order valence-corrected chi connectivity index (χ4v) is 2.42.